The lowest BCUT2D eigenvalue weighted by Crippen LogP contribution is -2.46. The molecule has 4 aromatic rings. The van der Waals surface area contributed by atoms with Crippen LogP contribution < -0.4 is 10.1 Å². The molecule has 0 atom stereocenters. The van der Waals surface area contributed by atoms with Crippen molar-refractivity contribution in [2.75, 3.05) is 50.9 Å². The standard InChI is InChI=1S/C35H41N7OS2/c1-44-34-30(24-36)32(27-7-3-2-4-8-27)33(45-34)31-13-16-38-35(40-31)39-28-9-5-10-29(23-28)43-22-6-17-41-18-20-42(21-19-41)25-26-11-14-37-15-12-26/h5,9-16,23,27H,2-4,6-8,17-22,25H2,1H3,(H,38,39,40). The molecule has 10 heteroatoms. The van der Waals surface area contributed by atoms with E-state index in [1.165, 1.54) is 30.4 Å². The molecule has 1 aliphatic heterocycles. The maximum atomic E-state index is 10.1. The number of aromatic nitrogens is 3. The number of thioether (sulfide) groups is 1. The summed E-state index contributed by atoms with van der Waals surface area (Å²) in [7, 11) is 0. The van der Waals surface area contributed by atoms with Crippen LogP contribution in [0.3, 0.4) is 0 Å². The fourth-order valence-corrected chi connectivity index (χ4v) is 8.36. The lowest BCUT2D eigenvalue weighted by atomic mass is 9.82. The summed E-state index contributed by atoms with van der Waals surface area (Å²) in [6, 6.07) is 16.7. The summed E-state index contributed by atoms with van der Waals surface area (Å²) in [5.74, 6) is 1.79. The number of rotatable bonds is 12. The Morgan fingerprint density at radius 1 is 1.02 bits per heavy atom. The number of nitrogens with one attached hydrogen (secondary N) is 1. The Balaban J connectivity index is 1.03. The van der Waals surface area contributed by atoms with E-state index in [1.54, 1.807) is 29.3 Å². The van der Waals surface area contributed by atoms with Gasteiger partial charge in [-0.05, 0) is 72.9 Å². The zero-order valence-corrected chi connectivity index (χ0v) is 27.6. The van der Waals surface area contributed by atoms with E-state index in [0.29, 0.717) is 18.5 Å². The van der Waals surface area contributed by atoms with Crippen LogP contribution in [0.1, 0.15) is 61.1 Å². The number of anilines is 2. The van der Waals surface area contributed by atoms with Gasteiger partial charge in [-0.2, -0.15) is 5.26 Å². The van der Waals surface area contributed by atoms with E-state index in [4.69, 9.17) is 9.72 Å². The predicted molar refractivity (Wildman–Crippen MR) is 183 cm³/mol. The number of thiophene rings is 1. The van der Waals surface area contributed by atoms with Crippen LogP contribution in [0.15, 0.2) is 65.3 Å². The largest absolute Gasteiger partial charge is 0.493 e. The quantitative estimate of drug-likeness (QED) is 0.124. The molecule has 1 aliphatic carbocycles. The molecule has 1 saturated carbocycles. The Bertz CT molecular complexity index is 1570. The Hall–Kier alpha value is -3.49. The van der Waals surface area contributed by atoms with Crippen LogP contribution in [0.4, 0.5) is 11.6 Å². The topological polar surface area (TPSA) is 90.2 Å². The minimum Gasteiger partial charge on any atom is -0.493 e. The third kappa shape index (κ3) is 8.22. The van der Waals surface area contributed by atoms with Gasteiger partial charge in [0.1, 0.15) is 11.8 Å². The third-order valence-corrected chi connectivity index (χ3v) is 11.1. The highest BCUT2D eigenvalue weighted by Gasteiger charge is 2.28. The minimum atomic E-state index is 0.419. The van der Waals surface area contributed by atoms with Gasteiger partial charge in [0.2, 0.25) is 5.95 Å². The van der Waals surface area contributed by atoms with Crippen LogP contribution >= 0.6 is 23.1 Å². The van der Waals surface area contributed by atoms with Crippen LogP contribution in [0.2, 0.25) is 0 Å². The van der Waals surface area contributed by atoms with E-state index in [1.807, 2.05) is 42.7 Å². The molecule has 8 nitrogen and oxygen atoms in total. The highest BCUT2D eigenvalue weighted by atomic mass is 32.2. The summed E-state index contributed by atoms with van der Waals surface area (Å²) in [6.07, 6.45) is 14.6. The first-order valence-electron chi connectivity index (χ1n) is 16.0. The number of hydrogen-bond donors (Lipinski definition) is 1. The maximum Gasteiger partial charge on any atom is 0.227 e. The lowest BCUT2D eigenvalue weighted by Gasteiger charge is -2.34. The van der Waals surface area contributed by atoms with Gasteiger partial charge < -0.3 is 15.0 Å². The summed E-state index contributed by atoms with van der Waals surface area (Å²) >= 11 is 3.35. The molecule has 3 aromatic heterocycles. The SMILES string of the molecule is CSc1sc(-c2ccnc(Nc3cccc(OCCCN4CCN(Cc5ccncc5)CC4)c3)n2)c(C2CCCCC2)c1C#N. The summed E-state index contributed by atoms with van der Waals surface area (Å²) in [4.78, 5) is 19.7. The average Bonchev–Trinajstić information content (AvgIpc) is 3.48. The summed E-state index contributed by atoms with van der Waals surface area (Å²) in [5.41, 5.74) is 5.12. The van der Waals surface area contributed by atoms with Crippen LogP contribution in [-0.4, -0.2) is 70.3 Å². The van der Waals surface area contributed by atoms with Gasteiger partial charge in [-0.15, -0.1) is 23.1 Å². The third-order valence-electron chi connectivity index (χ3n) is 8.71. The van der Waals surface area contributed by atoms with E-state index >= 15 is 0 Å². The number of hydrogen-bond acceptors (Lipinski definition) is 10. The number of nitriles is 1. The fourth-order valence-electron chi connectivity index (χ4n) is 6.38. The second-order valence-corrected chi connectivity index (χ2v) is 13.8. The van der Waals surface area contributed by atoms with Gasteiger partial charge in [0.05, 0.1) is 27.0 Å². The van der Waals surface area contributed by atoms with E-state index in [0.717, 1.165) is 90.3 Å². The molecule has 0 amide bonds. The van der Waals surface area contributed by atoms with Crippen molar-refractivity contribution in [3.8, 4) is 22.4 Å². The van der Waals surface area contributed by atoms with Crippen molar-refractivity contribution in [2.45, 2.75) is 55.2 Å². The Morgan fingerprint density at radius 2 is 1.82 bits per heavy atom. The van der Waals surface area contributed by atoms with E-state index in [9.17, 15) is 5.26 Å². The van der Waals surface area contributed by atoms with E-state index in [2.05, 4.69) is 49.5 Å². The summed E-state index contributed by atoms with van der Waals surface area (Å²) in [6.45, 7) is 7.07. The van der Waals surface area contributed by atoms with Crippen molar-refractivity contribution in [3.63, 3.8) is 0 Å². The molecule has 0 spiro atoms. The van der Waals surface area contributed by atoms with E-state index < -0.39 is 0 Å². The minimum absolute atomic E-state index is 0.419. The molecule has 234 valence electrons. The smallest absolute Gasteiger partial charge is 0.227 e. The molecular weight excluding hydrogens is 599 g/mol. The summed E-state index contributed by atoms with van der Waals surface area (Å²) < 4.78 is 7.22. The molecule has 0 radical (unpaired) electrons. The van der Waals surface area contributed by atoms with Crippen LogP contribution in [-0.2, 0) is 6.54 Å². The zero-order valence-electron chi connectivity index (χ0n) is 26.0. The molecule has 2 fully saturated rings. The van der Waals surface area contributed by atoms with Gasteiger partial charge in [-0.1, -0.05) is 25.3 Å². The van der Waals surface area contributed by atoms with Gasteiger partial charge >= 0.3 is 0 Å². The number of piperazine rings is 1. The Morgan fingerprint density at radius 3 is 2.60 bits per heavy atom. The molecule has 2 aliphatic rings. The first-order chi connectivity index (χ1) is 22.2. The molecular formula is C35H41N7OS2. The van der Waals surface area contributed by atoms with Crippen molar-refractivity contribution < 1.29 is 4.74 Å². The molecule has 0 unspecified atom stereocenters. The Labute approximate surface area is 274 Å². The Kier molecular flexibility index (Phi) is 11.0. The van der Waals surface area contributed by atoms with Crippen molar-refractivity contribution in [1.82, 2.24) is 24.8 Å². The van der Waals surface area contributed by atoms with Gasteiger partial charge in [-0.3, -0.25) is 9.88 Å². The lowest BCUT2D eigenvalue weighted by molar-refractivity contribution is 0.121. The van der Waals surface area contributed by atoms with Crippen LogP contribution in [0, 0.1) is 11.3 Å². The van der Waals surface area contributed by atoms with E-state index in [-0.39, 0.29) is 0 Å². The van der Waals surface area contributed by atoms with Crippen molar-refractivity contribution in [2.24, 2.45) is 0 Å². The normalized spacial score (nSPS) is 16.4. The molecule has 4 heterocycles. The molecule has 6 rings (SSSR count). The van der Waals surface area contributed by atoms with Crippen molar-refractivity contribution >= 4 is 34.7 Å². The second-order valence-electron chi connectivity index (χ2n) is 11.8. The number of pyridine rings is 1. The van der Waals surface area contributed by atoms with Gasteiger partial charge in [0.15, 0.2) is 0 Å². The monoisotopic (exact) mass is 639 g/mol. The first kappa shape index (κ1) is 31.5. The average molecular weight is 640 g/mol. The van der Waals surface area contributed by atoms with Crippen molar-refractivity contribution in [1.29, 1.82) is 5.26 Å². The van der Waals surface area contributed by atoms with Gasteiger partial charge in [0, 0.05) is 69.6 Å². The van der Waals surface area contributed by atoms with Gasteiger partial charge in [-0.25, -0.2) is 9.97 Å². The molecule has 1 saturated heterocycles. The number of benzene rings is 1. The van der Waals surface area contributed by atoms with Crippen LogP contribution in [0.5, 0.6) is 5.75 Å². The molecule has 0 bridgehead atoms. The van der Waals surface area contributed by atoms with Gasteiger partial charge in [0.25, 0.3) is 0 Å². The molecule has 1 N–H and O–H groups in total. The molecule has 45 heavy (non-hydrogen) atoms. The number of nitrogens with zero attached hydrogens (tertiary/aromatic N) is 6. The van der Waals surface area contributed by atoms with Crippen LogP contribution in [0.25, 0.3) is 10.6 Å². The number of ether oxygens (including phenoxy) is 1. The first-order valence-corrected chi connectivity index (χ1v) is 18.0. The second kappa shape index (κ2) is 15.7. The van der Waals surface area contributed by atoms with Crippen molar-refractivity contribution in [3.05, 3.63) is 77.7 Å². The maximum absolute atomic E-state index is 10.1. The predicted octanol–water partition coefficient (Wildman–Crippen LogP) is 7.57. The highest BCUT2D eigenvalue weighted by Crippen LogP contribution is 2.47. The fraction of sp³-hybridized carbons (Fsp3) is 0.429. The highest BCUT2D eigenvalue weighted by molar-refractivity contribution is 8.00. The molecule has 1 aromatic carbocycles. The zero-order chi connectivity index (χ0) is 30.8. The summed E-state index contributed by atoms with van der Waals surface area (Å²) in [5, 5.41) is 13.5.